The molecule has 0 fully saturated rings. The van der Waals surface area contributed by atoms with E-state index in [0.717, 1.165) is 18.2 Å². The highest BCUT2D eigenvalue weighted by Gasteiger charge is 2.15. The van der Waals surface area contributed by atoms with Crippen molar-refractivity contribution in [1.29, 1.82) is 0 Å². The number of carbonyl (C=O) groups excluding carboxylic acids is 1. The zero-order valence-corrected chi connectivity index (χ0v) is 16.3. The SMILES string of the molecule is O=C(Nc1cnn2ccc(-c3ccnc(-c4cc(F)ccc4F)n3)nc12)c1ccccn1. The minimum absolute atomic E-state index is 0.0263. The minimum Gasteiger partial charge on any atom is -0.316 e. The Labute approximate surface area is 179 Å². The topological polar surface area (TPSA) is 98.0 Å². The van der Waals surface area contributed by atoms with Crippen LogP contribution < -0.4 is 5.32 Å². The summed E-state index contributed by atoms with van der Waals surface area (Å²) in [5, 5.41) is 6.92. The molecule has 1 N–H and O–H groups in total. The summed E-state index contributed by atoms with van der Waals surface area (Å²) in [7, 11) is 0. The van der Waals surface area contributed by atoms with Crippen LogP contribution >= 0.6 is 0 Å². The molecule has 4 aromatic heterocycles. The maximum absolute atomic E-state index is 14.2. The summed E-state index contributed by atoms with van der Waals surface area (Å²) < 4.78 is 29.2. The number of carbonyl (C=O) groups is 1. The highest BCUT2D eigenvalue weighted by Crippen LogP contribution is 2.24. The van der Waals surface area contributed by atoms with Crippen LogP contribution in [0.15, 0.2) is 73.3 Å². The average Bonchev–Trinajstić information content (AvgIpc) is 3.23. The summed E-state index contributed by atoms with van der Waals surface area (Å²) >= 11 is 0. The van der Waals surface area contributed by atoms with E-state index in [0.29, 0.717) is 22.7 Å². The number of nitrogens with one attached hydrogen (secondary N) is 1. The number of benzene rings is 1. The van der Waals surface area contributed by atoms with Gasteiger partial charge in [-0.15, -0.1) is 0 Å². The lowest BCUT2D eigenvalue weighted by Gasteiger charge is -2.06. The lowest BCUT2D eigenvalue weighted by atomic mass is 10.2. The van der Waals surface area contributed by atoms with Gasteiger partial charge in [0.05, 0.1) is 23.1 Å². The van der Waals surface area contributed by atoms with Crippen molar-refractivity contribution in [3.8, 4) is 22.8 Å². The van der Waals surface area contributed by atoms with Crippen molar-refractivity contribution in [2.45, 2.75) is 0 Å². The van der Waals surface area contributed by atoms with Gasteiger partial charge < -0.3 is 5.32 Å². The Morgan fingerprint density at radius 1 is 0.938 bits per heavy atom. The minimum atomic E-state index is -0.637. The first-order valence-electron chi connectivity index (χ1n) is 9.44. The first-order chi connectivity index (χ1) is 15.6. The molecule has 0 aliphatic rings. The van der Waals surface area contributed by atoms with Crippen LogP contribution in [0.5, 0.6) is 0 Å². The van der Waals surface area contributed by atoms with E-state index in [1.807, 2.05) is 0 Å². The highest BCUT2D eigenvalue weighted by molar-refractivity contribution is 6.04. The van der Waals surface area contributed by atoms with E-state index >= 15 is 0 Å². The molecule has 156 valence electrons. The van der Waals surface area contributed by atoms with Crippen LogP contribution in [0.25, 0.3) is 28.4 Å². The number of pyridine rings is 1. The molecule has 8 nitrogen and oxygen atoms in total. The summed E-state index contributed by atoms with van der Waals surface area (Å²) in [6.45, 7) is 0. The molecule has 0 atom stereocenters. The molecular weight excluding hydrogens is 416 g/mol. The third-order valence-corrected chi connectivity index (χ3v) is 4.60. The largest absolute Gasteiger partial charge is 0.316 e. The van der Waals surface area contributed by atoms with Crippen LogP contribution in [-0.2, 0) is 0 Å². The maximum atomic E-state index is 14.2. The molecule has 1 amide bonds. The lowest BCUT2D eigenvalue weighted by molar-refractivity contribution is 0.102. The van der Waals surface area contributed by atoms with Crippen LogP contribution in [0.4, 0.5) is 14.5 Å². The zero-order chi connectivity index (χ0) is 22.1. The maximum Gasteiger partial charge on any atom is 0.274 e. The molecule has 0 radical (unpaired) electrons. The van der Waals surface area contributed by atoms with Crippen LogP contribution in [0.1, 0.15) is 10.5 Å². The summed E-state index contributed by atoms with van der Waals surface area (Å²) in [4.78, 5) is 29.4. The second-order valence-electron chi connectivity index (χ2n) is 6.70. The summed E-state index contributed by atoms with van der Waals surface area (Å²) in [5.41, 5.74) is 1.79. The van der Waals surface area contributed by atoms with Gasteiger partial charge in [-0.1, -0.05) is 6.07 Å². The number of fused-ring (bicyclic) bond motifs is 1. The molecule has 0 aliphatic carbocycles. The van der Waals surface area contributed by atoms with Crippen molar-refractivity contribution in [2.75, 3.05) is 5.32 Å². The fourth-order valence-electron chi connectivity index (χ4n) is 3.08. The van der Waals surface area contributed by atoms with Gasteiger partial charge in [0, 0.05) is 18.6 Å². The number of halogens is 2. The van der Waals surface area contributed by atoms with Crippen molar-refractivity contribution in [1.82, 2.24) is 29.5 Å². The molecule has 4 heterocycles. The quantitative estimate of drug-likeness (QED) is 0.467. The van der Waals surface area contributed by atoms with Gasteiger partial charge in [-0.3, -0.25) is 9.78 Å². The van der Waals surface area contributed by atoms with E-state index in [1.54, 1.807) is 36.5 Å². The smallest absolute Gasteiger partial charge is 0.274 e. The van der Waals surface area contributed by atoms with Crippen LogP contribution in [0.3, 0.4) is 0 Å². The first-order valence-corrected chi connectivity index (χ1v) is 9.44. The molecule has 10 heteroatoms. The van der Waals surface area contributed by atoms with Crippen molar-refractivity contribution < 1.29 is 13.6 Å². The number of hydrogen-bond acceptors (Lipinski definition) is 6. The van der Waals surface area contributed by atoms with Crippen LogP contribution in [0.2, 0.25) is 0 Å². The molecule has 0 saturated carbocycles. The van der Waals surface area contributed by atoms with E-state index in [2.05, 4.69) is 30.4 Å². The highest BCUT2D eigenvalue weighted by atomic mass is 19.1. The number of nitrogens with zero attached hydrogens (tertiary/aromatic N) is 6. The predicted octanol–water partition coefficient (Wildman–Crippen LogP) is 3.78. The number of hydrogen-bond donors (Lipinski definition) is 1. The summed E-state index contributed by atoms with van der Waals surface area (Å²) in [6.07, 6.45) is 6.09. The predicted molar refractivity (Wildman–Crippen MR) is 112 cm³/mol. The monoisotopic (exact) mass is 429 g/mol. The molecule has 0 unspecified atom stereocenters. The Morgan fingerprint density at radius 3 is 2.66 bits per heavy atom. The number of rotatable bonds is 4. The molecule has 32 heavy (non-hydrogen) atoms. The standard InChI is InChI=1S/C22H13F2N7O/c23-13-4-5-15(24)14(11-13)20-26-9-6-16(28-20)17-7-10-31-21(29-17)19(12-27-31)30-22(32)18-3-1-2-8-25-18/h1-12H,(H,30,32). The Bertz CT molecular complexity index is 1450. The molecule has 5 aromatic rings. The van der Waals surface area contributed by atoms with Crippen molar-refractivity contribution in [3.05, 3.63) is 90.6 Å². The van der Waals surface area contributed by atoms with E-state index in [-0.39, 0.29) is 17.1 Å². The Hall–Kier alpha value is -4.60. The first kappa shape index (κ1) is 19.4. The van der Waals surface area contributed by atoms with Crippen molar-refractivity contribution in [2.24, 2.45) is 0 Å². The Kier molecular flexibility index (Phi) is 4.79. The summed E-state index contributed by atoms with van der Waals surface area (Å²) in [5.74, 6) is -1.61. The normalized spacial score (nSPS) is 10.9. The molecule has 0 spiro atoms. The van der Waals surface area contributed by atoms with Gasteiger partial charge in [0.1, 0.15) is 23.0 Å². The number of anilines is 1. The molecule has 1 aromatic carbocycles. The van der Waals surface area contributed by atoms with E-state index < -0.39 is 17.5 Å². The van der Waals surface area contributed by atoms with Crippen LogP contribution in [0, 0.1) is 11.6 Å². The van der Waals surface area contributed by atoms with Gasteiger partial charge >= 0.3 is 0 Å². The van der Waals surface area contributed by atoms with Gasteiger partial charge in [0.15, 0.2) is 11.5 Å². The number of aromatic nitrogens is 6. The van der Waals surface area contributed by atoms with Crippen molar-refractivity contribution in [3.63, 3.8) is 0 Å². The van der Waals surface area contributed by atoms with E-state index in [9.17, 15) is 13.6 Å². The molecule has 5 rings (SSSR count). The Balaban J connectivity index is 1.51. The molecule has 0 saturated heterocycles. The third-order valence-electron chi connectivity index (χ3n) is 4.60. The zero-order valence-electron chi connectivity index (χ0n) is 16.3. The number of amides is 1. The third kappa shape index (κ3) is 3.65. The van der Waals surface area contributed by atoms with Gasteiger partial charge in [0.25, 0.3) is 5.91 Å². The van der Waals surface area contributed by atoms with Gasteiger partial charge in [0.2, 0.25) is 0 Å². The van der Waals surface area contributed by atoms with Crippen molar-refractivity contribution >= 4 is 17.2 Å². The fraction of sp³-hybridized carbons (Fsp3) is 0. The lowest BCUT2D eigenvalue weighted by Crippen LogP contribution is -2.13. The van der Waals surface area contributed by atoms with E-state index in [1.165, 1.54) is 23.1 Å². The second kappa shape index (κ2) is 7.91. The Morgan fingerprint density at radius 2 is 1.81 bits per heavy atom. The van der Waals surface area contributed by atoms with Gasteiger partial charge in [-0.25, -0.2) is 28.2 Å². The van der Waals surface area contributed by atoms with Gasteiger partial charge in [-0.2, -0.15) is 5.10 Å². The van der Waals surface area contributed by atoms with E-state index in [4.69, 9.17) is 0 Å². The summed E-state index contributed by atoms with van der Waals surface area (Å²) in [6, 6.07) is 11.4. The molecule has 0 aliphatic heterocycles. The fourth-order valence-corrected chi connectivity index (χ4v) is 3.08. The second-order valence-corrected chi connectivity index (χ2v) is 6.70. The molecular formula is C22H13F2N7O. The molecule has 0 bridgehead atoms. The van der Waals surface area contributed by atoms with Crippen LogP contribution in [-0.4, -0.2) is 35.5 Å². The average molecular weight is 429 g/mol. The van der Waals surface area contributed by atoms with Gasteiger partial charge in [-0.05, 0) is 42.5 Å².